The van der Waals surface area contributed by atoms with Crippen molar-refractivity contribution in [3.05, 3.63) is 41.8 Å². The van der Waals surface area contributed by atoms with Crippen molar-refractivity contribution in [2.24, 2.45) is 0 Å². The molecule has 21 heavy (non-hydrogen) atoms. The summed E-state index contributed by atoms with van der Waals surface area (Å²) >= 11 is 0. The average molecular weight is 283 g/mol. The summed E-state index contributed by atoms with van der Waals surface area (Å²) in [5.74, 6) is -0.210. The van der Waals surface area contributed by atoms with Gasteiger partial charge in [0.05, 0.1) is 11.9 Å². The minimum absolute atomic E-state index is 0.0359. The van der Waals surface area contributed by atoms with Crippen LogP contribution in [0.3, 0.4) is 0 Å². The van der Waals surface area contributed by atoms with Crippen LogP contribution in [-0.4, -0.2) is 26.2 Å². The topological polar surface area (TPSA) is 89.1 Å². The molecule has 0 radical (unpaired) electrons. The lowest BCUT2D eigenvalue weighted by atomic mass is 10.1. The molecular formula is C15H13N3O3. The van der Waals surface area contributed by atoms with Gasteiger partial charge in [-0.15, -0.1) is 0 Å². The Hall–Kier alpha value is -2.76. The van der Waals surface area contributed by atoms with Gasteiger partial charge in [-0.3, -0.25) is 4.79 Å². The van der Waals surface area contributed by atoms with Gasteiger partial charge in [0.15, 0.2) is 0 Å². The van der Waals surface area contributed by atoms with Gasteiger partial charge in [-0.1, -0.05) is 23.4 Å². The lowest BCUT2D eigenvalue weighted by Crippen LogP contribution is -1.97. The Morgan fingerprint density at radius 1 is 1.29 bits per heavy atom. The standard InChI is InChI=1S/C15H13N3O3/c1-9-8-12(16-11-5-3-2-4-10(9)11)15-17-13(21-18-15)6-7-14(19)20/h2-5,8H,6-7H2,1H3,(H,19,20). The number of fused-ring (bicyclic) bond motifs is 1. The van der Waals surface area contributed by atoms with Gasteiger partial charge in [0.1, 0.15) is 5.69 Å². The number of carboxylic acid groups (broad SMARTS) is 1. The van der Waals surface area contributed by atoms with E-state index in [1.807, 2.05) is 37.3 Å². The van der Waals surface area contributed by atoms with Gasteiger partial charge >= 0.3 is 5.97 Å². The SMILES string of the molecule is Cc1cc(-c2noc(CCC(=O)O)n2)nc2ccccc12. The third kappa shape index (κ3) is 2.74. The van der Waals surface area contributed by atoms with Crippen molar-refractivity contribution >= 4 is 16.9 Å². The molecule has 6 heteroatoms. The molecular weight excluding hydrogens is 270 g/mol. The van der Waals surface area contributed by atoms with Crippen molar-refractivity contribution in [2.45, 2.75) is 19.8 Å². The van der Waals surface area contributed by atoms with Crippen molar-refractivity contribution in [3.63, 3.8) is 0 Å². The summed E-state index contributed by atoms with van der Waals surface area (Å²) in [6, 6.07) is 9.73. The summed E-state index contributed by atoms with van der Waals surface area (Å²) in [5, 5.41) is 13.6. The van der Waals surface area contributed by atoms with Crippen LogP contribution in [0.15, 0.2) is 34.9 Å². The van der Waals surface area contributed by atoms with E-state index in [1.165, 1.54) is 0 Å². The number of benzene rings is 1. The minimum Gasteiger partial charge on any atom is -0.481 e. The molecule has 3 aromatic rings. The van der Waals surface area contributed by atoms with Gasteiger partial charge in [0, 0.05) is 11.8 Å². The summed E-state index contributed by atoms with van der Waals surface area (Å²) in [6.07, 6.45) is 0.181. The third-order valence-electron chi connectivity index (χ3n) is 3.17. The number of carbonyl (C=O) groups is 1. The summed E-state index contributed by atoms with van der Waals surface area (Å²) in [5.41, 5.74) is 2.56. The number of hydrogen-bond donors (Lipinski definition) is 1. The van der Waals surface area contributed by atoms with Crippen molar-refractivity contribution in [2.75, 3.05) is 0 Å². The molecule has 0 aliphatic heterocycles. The zero-order chi connectivity index (χ0) is 14.8. The third-order valence-corrected chi connectivity index (χ3v) is 3.17. The van der Waals surface area contributed by atoms with E-state index in [-0.39, 0.29) is 12.8 Å². The van der Waals surface area contributed by atoms with E-state index in [4.69, 9.17) is 9.63 Å². The Labute approximate surface area is 120 Å². The van der Waals surface area contributed by atoms with Gasteiger partial charge in [-0.2, -0.15) is 4.98 Å². The van der Waals surface area contributed by atoms with Gasteiger partial charge in [0.2, 0.25) is 11.7 Å². The molecule has 3 rings (SSSR count). The van der Waals surface area contributed by atoms with Crippen LogP contribution in [-0.2, 0) is 11.2 Å². The van der Waals surface area contributed by atoms with Crippen LogP contribution in [0.2, 0.25) is 0 Å². The molecule has 2 heterocycles. The molecule has 0 saturated heterocycles. The number of aromatic nitrogens is 3. The Kier molecular flexibility index (Phi) is 3.35. The largest absolute Gasteiger partial charge is 0.481 e. The van der Waals surface area contributed by atoms with E-state index in [2.05, 4.69) is 15.1 Å². The monoisotopic (exact) mass is 283 g/mol. The van der Waals surface area contributed by atoms with Crippen molar-refractivity contribution < 1.29 is 14.4 Å². The number of aliphatic carboxylic acids is 1. The van der Waals surface area contributed by atoms with Crippen LogP contribution in [0.4, 0.5) is 0 Å². The predicted molar refractivity (Wildman–Crippen MR) is 75.7 cm³/mol. The Morgan fingerprint density at radius 3 is 2.90 bits per heavy atom. The molecule has 0 aliphatic rings. The van der Waals surface area contributed by atoms with E-state index in [0.29, 0.717) is 17.4 Å². The maximum Gasteiger partial charge on any atom is 0.303 e. The fourth-order valence-electron chi connectivity index (χ4n) is 2.14. The second-order valence-corrected chi connectivity index (χ2v) is 4.75. The van der Waals surface area contributed by atoms with Crippen LogP contribution in [0.5, 0.6) is 0 Å². The van der Waals surface area contributed by atoms with E-state index >= 15 is 0 Å². The first-order valence-electron chi connectivity index (χ1n) is 6.54. The van der Waals surface area contributed by atoms with Crippen LogP contribution in [0, 0.1) is 6.92 Å². The fourth-order valence-corrected chi connectivity index (χ4v) is 2.14. The molecule has 0 spiro atoms. The highest BCUT2D eigenvalue weighted by Crippen LogP contribution is 2.22. The highest BCUT2D eigenvalue weighted by atomic mass is 16.5. The molecule has 1 N–H and O–H groups in total. The van der Waals surface area contributed by atoms with Gasteiger partial charge in [0.25, 0.3) is 0 Å². The number of carboxylic acids is 1. The summed E-state index contributed by atoms with van der Waals surface area (Å²) in [7, 11) is 0. The van der Waals surface area contributed by atoms with E-state index < -0.39 is 5.97 Å². The molecule has 0 unspecified atom stereocenters. The summed E-state index contributed by atoms with van der Waals surface area (Å²) in [4.78, 5) is 19.2. The smallest absolute Gasteiger partial charge is 0.303 e. The van der Waals surface area contributed by atoms with Gasteiger partial charge in [-0.25, -0.2) is 4.98 Å². The predicted octanol–water partition coefficient (Wildman–Crippen LogP) is 2.61. The maximum atomic E-state index is 10.5. The van der Waals surface area contributed by atoms with E-state index in [1.54, 1.807) is 0 Å². The van der Waals surface area contributed by atoms with Crippen molar-refractivity contribution in [1.82, 2.24) is 15.1 Å². The van der Waals surface area contributed by atoms with Crippen LogP contribution < -0.4 is 0 Å². The molecule has 0 amide bonds. The number of pyridine rings is 1. The fraction of sp³-hybridized carbons (Fsp3) is 0.200. The second-order valence-electron chi connectivity index (χ2n) is 4.75. The highest BCUT2D eigenvalue weighted by Gasteiger charge is 2.12. The molecule has 1 aromatic carbocycles. The number of hydrogen-bond acceptors (Lipinski definition) is 5. The van der Waals surface area contributed by atoms with Crippen LogP contribution in [0.25, 0.3) is 22.4 Å². The molecule has 6 nitrogen and oxygen atoms in total. The van der Waals surface area contributed by atoms with Crippen LogP contribution >= 0.6 is 0 Å². The van der Waals surface area contributed by atoms with E-state index in [9.17, 15) is 4.79 Å². The number of aryl methyl sites for hydroxylation is 2. The van der Waals surface area contributed by atoms with Crippen molar-refractivity contribution in [1.29, 1.82) is 0 Å². The van der Waals surface area contributed by atoms with Crippen LogP contribution in [0.1, 0.15) is 17.9 Å². The summed E-state index contributed by atoms with van der Waals surface area (Å²) < 4.78 is 5.06. The Balaban J connectivity index is 1.95. The zero-order valence-corrected chi connectivity index (χ0v) is 11.4. The molecule has 0 aliphatic carbocycles. The number of nitrogens with zero attached hydrogens (tertiary/aromatic N) is 3. The molecule has 0 fully saturated rings. The first-order valence-corrected chi connectivity index (χ1v) is 6.54. The van der Waals surface area contributed by atoms with Crippen molar-refractivity contribution in [3.8, 4) is 11.5 Å². The average Bonchev–Trinajstić information content (AvgIpc) is 2.94. The Morgan fingerprint density at radius 2 is 2.10 bits per heavy atom. The molecule has 2 aromatic heterocycles. The molecule has 106 valence electrons. The molecule has 0 bridgehead atoms. The molecule has 0 saturated carbocycles. The van der Waals surface area contributed by atoms with Gasteiger partial charge in [-0.05, 0) is 24.6 Å². The zero-order valence-electron chi connectivity index (χ0n) is 11.4. The summed E-state index contributed by atoms with van der Waals surface area (Å²) in [6.45, 7) is 2.00. The number of rotatable bonds is 4. The molecule has 0 atom stereocenters. The lowest BCUT2D eigenvalue weighted by Gasteiger charge is -2.03. The first-order chi connectivity index (χ1) is 10.1. The quantitative estimate of drug-likeness (QED) is 0.791. The van der Waals surface area contributed by atoms with Gasteiger partial charge < -0.3 is 9.63 Å². The first kappa shape index (κ1) is 13.2. The lowest BCUT2D eigenvalue weighted by molar-refractivity contribution is -0.137. The minimum atomic E-state index is -0.894. The highest BCUT2D eigenvalue weighted by molar-refractivity contribution is 5.84. The van der Waals surface area contributed by atoms with E-state index in [0.717, 1.165) is 16.5 Å². The maximum absolute atomic E-state index is 10.5. The number of para-hydroxylation sites is 1. The second kappa shape index (κ2) is 5.32. The normalized spacial score (nSPS) is 10.9. The Bertz CT molecular complexity index is 811.